The molecule has 8 heteroatoms. The second-order valence-corrected chi connectivity index (χ2v) is 7.52. The molecule has 21 heavy (non-hydrogen) atoms. The molecular formula is C13H20ClN3O3S. The Hall–Kier alpha value is -0.920. The molecule has 1 fully saturated rings. The maximum Gasteiger partial charge on any atom is 0.316 e. The highest BCUT2D eigenvalue weighted by Gasteiger charge is 2.25. The quantitative estimate of drug-likeness (QED) is 0.862. The highest BCUT2D eigenvalue weighted by Crippen LogP contribution is 2.23. The van der Waals surface area contributed by atoms with Gasteiger partial charge in [0.25, 0.3) is 0 Å². The zero-order chi connectivity index (χ0) is 15.3. The number of ether oxygens (including phenoxy) is 1. The van der Waals surface area contributed by atoms with E-state index in [1.54, 1.807) is 0 Å². The Bertz CT molecular complexity index is 542. The van der Waals surface area contributed by atoms with Crippen LogP contribution < -0.4 is 9.46 Å². The summed E-state index contributed by atoms with van der Waals surface area (Å²) in [5.41, 5.74) is 0. The molecule has 1 saturated carbocycles. The van der Waals surface area contributed by atoms with Crippen LogP contribution >= 0.6 is 11.6 Å². The van der Waals surface area contributed by atoms with E-state index >= 15 is 0 Å². The summed E-state index contributed by atoms with van der Waals surface area (Å²) in [4.78, 5) is 8.00. The third-order valence-electron chi connectivity index (χ3n) is 3.36. The largest absolute Gasteiger partial charge is 0.460 e. The number of aromatic nitrogens is 2. The smallest absolute Gasteiger partial charge is 0.316 e. The predicted octanol–water partition coefficient (Wildman–Crippen LogP) is 2.15. The molecule has 6 nitrogen and oxygen atoms in total. The van der Waals surface area contributed by atoms with E-state index in [0.717, 1.165) is 25.7 Å². The number of hydrogen-bond acceptors (Lipinski definition) is 5. The van der Waals surface area contributed by atoms with Crippen LogP contribution in [0.3, 0.4) is 0 Å². The normalized spacial score (nSPS) is 23.0. The van der Waals surface area contributed by atoms with E-state index in [2.05, 4.69) is 14.7 Å². The molecule has 0 amide bonds. The lowest BCUT2D eigenvalue weighted by Gasteiger charge is -2.28. The standard InChI is InChI=1S/C13H20ClN3O3S/c1-2-7-21(18,19)17-11-3-5-12(6-4-11)20-13-15-8-10(14)9-16-13/h8-9,11-12,17H,2-7H2,1H3. The highest BCUT2D eigenvalue weighted by atomic mass is 35.5. The molecule has 0 atom stereocenters. The van der Waals surface area contributed by atoms with Crippen LogP contribution in [-0.2, 0) is 10.0 Å². The zero-order valence-corrected chi connectivity index (χ0v) is 13.5. The van der Waals surface area contributed by atoms with Crippen molar-refractivity contribution in [2.24, 2.45) is 0 Å². The van der Waals surface area contributed by atoms with Crippen molar-refractivity contribution >= 4 is 21.6 Å². The molecule has 0 radical (unpaired) electrons. The third-order valence-corrected chi connectivity index (χ3v) is 5.20. The number of hydrogen-bond donors (Lipinski definition) is 1. The Kier molecular flexibility index (Phi) is 5.78. The van der Waals surface area contributed by atoms with E-state index in [9.17, 15) is 8.42 Å². The van der Waals surface area contributed by atoms with E-state index in [4.69, 9.17) is 16.3 Å². The Labute approximate surface area is 130 Å². The van der Waals surface area contributed by atoms with Gasteiger partial charge in [0.2, 0.25) is 10.0 Å². The summed E-state index contributed by atoms with van der Waals surface area (Å²) in [7, 11) is -3.14. The summed E-state index contributed by atoms with van der Waals surface area (Å²) in [6.07, 6.45) is 6.74. The van der Waals surface area contributed by atoms with Crippen LogP contribution in [0.5, 0.6) is 6.01 Å². The summed E-state index contributed by atoms with van der Waals surface area (Å²) < 4.78 is 31.9. The first kappa shape index (κ1) is 16.5. The van der Waals surface area contributed by atoms with Crippen molar-refractivity contribution in [2.75, 3.05) is 5.75 Å². The first-order valence-corrected chi connectivity index (χ1v) is 9.15. The van der Waals surface area contributed by atoms with Gasteiger partial charge in [0, 0.05) is 6.04 Å². The van der Waals surface area contributed by atoms with Gasteiger partial charge in [0.1, 0.15) is 6.10 Å². The van der Waals surface area contributed by atoms with Gasteiger partial charge in [-0.15, -0.1) is 0 Å². The summed E-state index contributed by atoms with van der Waals surface area (Å²) in [5.74, 6) is 0.183. The van der Waals surface area contributed by atoms with E-state index in [0.29, 0.717) is 17.5 Å². The molecule has 2 rings (SSSR count). The number of nitrogens with zero attached hydrogens (tertiary/aromatic N) is 2. The molecule has 0 aliphatic heterocycles. The van der Waals surface area contributed by atoms with Crippen LogP contribution in [0.4, 0.5) is 0 Å². The summed E-state index contributed by atoms with van der Waals surface area (Å²) in [6.45, 7) is 1.86. The van der Waals surface area contributed by atoms with Gasteiger partial charge in [-0.05, 0) is 32.1 Å². The average Bonchev–Trinajstić information content (AvgIpc) is 2.43. The molecule has 0 unspecified atom stereocenters. The predicted molar refractivity (Wildman–Crippen MR) is 80.9 cm³/mol. The van der Waals surface area contributed by atoms with Gasteiger partial charge >= 0.3 is 6.01 Å². The molecule has 118 valence electrons. The van der Waals surface area contributed by atoms with Gasteiger partial charge in [0.15, 0.2) is 0 Å². The van der Waals surface area contributed by atoms with Crippen molar-refractivity contribution < 1.29 is 13.2 Å². The topological polar surface area (TPSA) is 81.2 Å². The Morgan fingerprint density at radius 1 is 1.29 bits per heavy atom. The Balaban J connectivity index is 1.79. The van der Waals surface area contributed by atoms with Crippen molar-refractivity contribution in [2.45, 2.75) is 51.2 Å². The van der Waals surface area contributed by atoms with Crippen LogP contribution in [0.1, 0.15) is 39.0 Å². The number of nitrogens with one attached hydrogen (secondary N) is 1. The minimum absolute atomic E-state index is 0.00698. The molecule has 1 heterocycles. The minimum Gasteiger partial charge on any atom is -0.460 e. The van der Waals surface area contributed by atoms with Gasteiger partial charge in [-0.3, -0.25) is 0 Å². The van der Waals surface area contributed by atoms with Crippen LogP contribution in [0.25, 0.3) is 0 Å². The van der Waals surface area contributed by atoms with Crippen LogP contribution in [0.15, 0.2) is 12.4 Å². The molecule has 1 aliphatic carbocycles. The van der Waals surface area contributed by atoms with Gasteiger partial charge in [-0.1, -0.05) is 18.5 Å². The maximum atomic E-state index is 11.7. The van der Waals surface area contributed by atoms with Gasteiger partial charge < -0.3 is 4.74 Å². The molecular weight excluding hydrogens is 314 g/mol. The first-order chi connectivity index (χ1) is 9.98. The lowest BCUT2D eigenvalue weighted by atomic mass is 9.94. The van der Waals surface area contributed by atoms with Crippen molar-refractivity contribution in [1.29, 1.82) is 0 Å². The lowest BCUT2D eigenvalue weighted by Crippen LogP contribution is -2.40. The fraction of sp³-hybridized carbons (Fsp3) is 0.692. The Morgan fingerprint density at radius 3 is 2.48 bits per heavy atom. The fourth-order valence-electron chi connectivity index (χ4n) is 2.39. The molecule has 0 bridgehead atoms. The molecule has 0 saturated heterocycles. The summed E-state index contributed by atoms with van der Waals surface area (Å²) in [5, 5.41) is 0.469. The summed E-state index contributed by atoms with van der Waals surface area (Å²) >= 11 is 5.72. The molecule has 1 aromatic heterocycles. The van der Waals surface area contributed by atoms with Crippen molar-refractivity contribution in [3.8, 4) is 6.01 Å². The van der Waals surface area contributed by atoms with E-state index < -0.39 is 10.0 Å². The van der Waals surface area contributed by atoms with Crippen molar-refractivity contribution in [1.82, 2.24) is 14.7 Å². The molecule has 0 spiro atoms. The zero-order valence-electron chi connectivity index (χ0n) is 12.0. The fourth-order valence-corrected chi connectivity index (χ4v) is 3.89. The van der Waals surface area contributed by atoms with E-state index in [-0.39, 0.29) is 17.9 Å². The van der Waals surface area contributed by atoms with E-state index in [1.807, 2.05) is 6.92 Å². The van der Waals surface area contributed by atoms with Gasteiger partial charge in [0.05, 0.1) is 23.2 Å². The third kappa shape index (κ3) is 5.41. The second kappa shape index (κ2) is 7.38. The highest BCUT2D eigenvalue weighted by molar-refractivity contribution is 7.89. The van der Waals surface area contributed by atoms with Gasteiger partial charge in [-0.25, -0.2) is 23.1 Å². The minimum atomic E-state index is -3.14. The molecule has 1 aromatic rings. The molecule has 1 N–H and O–H groups in total. The SMILES string of the molecule is CCCS(=O)(=O)NC1CCC(Oc2ncc(Cl)cn2)CC1. The molecule has 0 aromatic carbocycles. The van der Waals surface area contributed by atoms with Crippen molar-refractivity contribution in [3.05, 3.63) is 17.4 Å². The summed E-state index contributed by atoms with van der Waals surface area (Å²) in [6, 6.07) is 0.321. The molecule has 1 aliphatic rings. The number of rotatable bonds is 6. The monoisotopic (exact) mass is 333 g/mol. The lowest BCUT2D eigenvalue weighted by molar-refractivity contribution is 0.132. The Morgan fingerprint density at radius 2 is 1.90 bits per heavy atom. The maximum absolute atomic E-state index is 11.7. The first-order valence-electron chi connectivity index (χ1n) is 7.12. The average molecular weight is 334 g/mol. The second-order valence-electron chi connectivity index (χ2n) is 5.21. The van der Waals surface area contributed by atoms with Crippen LogP contribution in [-0.4, -0.2) is 36.3 Å². The van der Waals surface area contributed by atoms with E-state index in [1.165, 1.54) is 12.4 Å². The number of halogens is 1. The van der Waals surface area contributed by atoms with Crippen LogP contribution in [0.2, 0.25) is 5.02 Å². The van der Waals surface area contributed by atoms with Gasteiger partial charge in [-0.2, -0.15) is 0 Å². The number of sulfonamides is 1. The van der Waals surface area contributed by atoms with Crippen molar-refractivity contribution in [3.63, 3.8) is 0 Å². The van der Waals surface area contributed by atoms with Crippen LogP contribution in [0, 0.1) is 0 Å².